The van der Waals surface area contributed by atoms with E-state index in [1.54, 1.807) is 0 Å². The summed E-state index contributed by atoms with van der Waals surface area (Å²) in [5, 5.41) is 3.34. The summed E-state index contributed by atoms with van der Waals surface area (Å²) in [6.07, 6.45) is 2.69. The van der Waals surface area contributed by atoms with Crippen molar-refractivity contribution in [2.45, 2.75) is 39.2 Å². The Hall–Kier alpha value is -0.960. The lowest BCUT2D eigenvalue weighted by Crippen LogP contribution is -2.27. The molecule has 1 unspecified atom stereocenters. The van der Waals surface area contributed by atoms with Gasteiger partial charge >= 0.3 is 0 Å². The van der Waals surface area contributed by atoms with Gasteiger partial charge in [-0.25, -0.2) is 8.78 Å². The third-order valence-electron chi connectivity index (χ3n) is 2.53. The molecule has 0 saturated carbocycles. The van der Waals surface area contributed by atoms with Gasteiger partial charge in [-0.05, 0) is 50.4 Å². The fourth-order valence-electron chi connectivity index (χ4n) is 1.63. The Labute approximate surface area is 95.9 Å². The number of nitrogens with one attached hydrogen (secondary N) is 1. The Kier molecular flexibility index (Phi) is 5.39. The highest BCUT2D eigenvalue weighted by molar-refractivity contribution is 5.18. The van der Waals surface area contributed by atoms with E-state index >= 15 is 0 Å². The Morgan fingerprint density at radius 1 is 1.19 bits per heavy atom. The molecule has 1 nitrogen and oxygen atoms in total. The van der Waals surface area contributed by atoms with Crippen LogP contribution in [0.2, 0.25) is 0 Å². The first-order valence-electron chi connectivity index (χ1n) is 5.80. The second-order valence-corrected chi connectivity index (χ2v) is 4.17. The monoisotopic (exact) mass is 227 g/mol. The van der Waals surface area contributed by atoms with Gasteiger partial charge in [0.25, 0.3) is 0 Å². The first-order chi connectivity index (χ1) is 7.61. The molecule has 1 N–H and O–H groups in total. The molecule has 90 valence electrons. The minimum atomic E-state index is -0.496. The molecule has 3 heteroatoms. The van der Waals surface area contributed by atoms with E-state index in [1.807, 2.05) is 0 Å². The molecule has 0 radical (unpaired) electrons. The molecule has 0 aliphatic carbocycles. The third kappa shape index (κ3) is 4.71. The quantitative estimate of drug-likeness (QED) is 0.786. The number of hydrogen-bond donors (Lipinski definition) is 1. The van der Waals surface area contributed by atoms with Crippen LogP contribution < -0.4 is 5.32 Å². The van der Waals surface area contributed by atoms with Gasteiger partial charge in [0.15, 0.2) is 0 Å². The maximum Gasteiger partial charge on any atom is 0.126 e. The Balaban J connectivity index is 2.41. The van der Waals surface area contributed by atoms with Crippen molar-refractivity contribution >= 4 is 0 Å². The lowest BCUT2D eigenvalue weighted by atomic mass is 10.1. The van der Waals surface area contributed by atoms with E-state index in [-0.39, 0.29) is 0 Å². The first kappa shape index (κ1) is 13.1. The van der Waals surface area contributed by atoms with E-state index in [0.717, 1.165) is 31.0 Å². The van der Waals surface area contributed by atoms with E-state index in [1.165, 1.54) is 12.1 Å². The summed E-state index contributed by atoms with van der Waals surface area (Å²) in [6, 6.07) is 4.08. The summed E-state index contributed by atoms with van der Waals surface area (Å²) in [7, 11) is 0. The van der Waals surface area contributed by atoms with Gasteiger partial charge in [-0.2, -0.15) is 0 Å². The zero-order valence-corrected chi connectivity index (χ0v) is 9.89. The van der Waals surface area contributed by atoms with Crippen LogP contribution in [0.3, 0.4) is 0 Å². The van der Waals surface area contributed by atoms with E-state index < -0.39 is 11.6 Å². The number of hydrogen-bond acceptors (Lipinski definition) is 1. The molecule has 0 heterocycles. The van der Waals surface area contributed by atoms with Crippen molar-refractivity contribution in [2.75, 3.05) is 6.54 Å². The molecule has 1 atom stereocenters. The number of aryl methyl sites for hydroxylation is 1. The predicted molar refractivity (Wildman–Crippen MR) is 62.4 cm³/mol. The maximum atomic E-state index is 12.9. The van der Waals surface area contributed by atoms with Gasteiger partial charge in [0, 0.05) is 12.1 Å². The average Bonchev–Trinajstić information content (AvgIpc) is 2.22. The molecule has 1 aromatic carbocycles. The van der Waals surface area contributed by atoms with Gasteiger partial charge in [-0.3, -0.25) is 0 Å². The van der Waals surface area contributed by atoms with Gasteiger partial charge in [0.05, 0.1) is 0 Å². The van der Waals surface area contributed by atoms with Crippen molar-refractivity contribution in [2.24, 2.45) is 0 Å². The SMILES string of the molecule is CCCNC(C)CCc1cc(F)cc(F)c1. The van der Waals surface area contributed by atoms with Crippen LogP contribution in [0.4, 0.5) is 8.78 Å². The molecule has 0 aromatic heterocycles. The summed E-state index contributed by atoms with van der Waals surface area (Å²) in [5.74, 6) is -0.992. The maximum absolute atomic E-state index is 12.9. The largest absolute Gasteiger partial charge is 0.314 e. The molecule has 0 saturated heterocycles. The van der Waals surface area contributed by atoms with Crippen LogP contribution in [0.1, 0.15) is 32.3 Å². The topological polar surface area (TPSA) is 12.0 Å². The van der Waals surface area contributed by atoms with Crippen LogP contribution in [0.5, 0.6) is 0 Å². The number of halogens is 2. The predicted octanol–water partition coefficient (Wildman–Crippen LogP) is 3.29. The van der Waals surface area contributed by atoms with E-state index in [0.29, 0.717) is 12.5 Å². The molecule has 0 amide bonds. The van der Waals surface area contributed by atoms with Gasteiger partial charge < -0.3 is 5.32 Å². The van der Waals surface area contributed by atoms with Gasteiger partial charge in [-0.1, -0.05) is 6.92 Å². The van der Waals surface area contributed by atoms with E-state index in [2.05, 4.69) is 19.2 Å². The molecule has 1 aromatic rings. The number of benzene rings is 1. The van der Waals surface area contributed by atoms with Crippen LogP contribution in [0.15, 0.2) is 18.2 Å². The summed E-state index contributed by atoms with van der Waals surface area (Å²) in [5.41, 5.74) is 0.725. The summed E-state index contributed by atoms with van der Waals surface area (Å²) in [4.78, 5) is 0. The smallest absolute Gasteiger partial charge is 0.126 e. The standard InChI is InChI=1S/C13H19F2N/c1-3-6-16-10(2)4-5-11-7-12(14)9-13(15)8-11/h7-10,16H,3-6H2,1-2H3. The highest BCUT2D eigenvalue weighted by Crippen LogP contribution is 2.10. The third-order valence-corrected chi connectivity index (χ3v) is 2.53. The normalized spacial score (nSPS) is 12.8. The molecule has 0 aliphatic rings. The van der Waals surface area contributed by atoms with Crippen molar-refractivity contribution in [3.05, 3.63) is 35.4 Å². The zero-order chi connectivity index (χ0) is 12.0. The minimum Gasteiger partial charge on any atom is -0.314 e. The molecule has 0 fully saturated rings. The van der Waals surface area contributed by atoms with Crippen molar-refractivity contribution < 1.29 is 8.78 Å². The minimum absolute atomic E-state index is 0.381. The zero-order valence-electron chi connectivity index (χ0n) is 9.89. The lowest BCUT2D eigenvalue weighted by molar-refractivity contribution is 0.511. The fourth-order valence-corrected chi connectivity index (χ4v) is 1.63. The van der Waals surface area contributed by atoms with Crippen LogP contribution in [-0.2, 0) is 6.42 Å². The molecule has 0 aliphatic heterocycles. The molecule has 0 spiro atoms. The highest BCUT2D eigenvalue weighted by Gasteiger charge is 2.04. The fraction of sp³-hybridized carbons (Fsp3) is 0.538. The van der Waals surface area contributed by atoms with Crippen LogP contribution in [0, 0.1) is 11.6 Å². The lowest BCUT2D eigenvalue weighted by Gasteiger charge is -2.12. The van der Waals surface area contributed by atoms with Crippen molar-refractivity contribution in [3.63, 3.8) is 0 Å². The molecular formula is C13H19F2N. The molecule has 0 bridgehead atoms. The van der Waals surface area contributed by atoms with Crippen molar-refractivity contribution in [1.82, 2.24) is 5.32 Å². The van der Waals surface area contributed by atoms with Crippen LogP contribution in [-0.4, -0.2) is 12.6 Å². The molecule has 16 heavy (non-hydrogen) atoms. The van der Waals surface area contributed by atoms with E-state index in [4.69, 9.17) is 0 Å². The Bertz CT molecular complexity index is 305. The summed E-state index contributed by atoms with van der Waals surface area (Å²) >= 11 is 0. The van der Waals surface area contributed by atoms with Gasteiger partial charge in [0.2, 0.25) is 0 Å². The molecule has 1 rings (SSSR count). The summed E-state index contributed by atoms with van der Waals surface area (Å²) < 4.78 is 25.8. The van der Waals surface area contributed by atoms with Crippen molar-refractivity contribution in [3.8, 4) is 0 Å². The first-order valence-corrected chi connectivity index (χ1v) is 5.80. The number of rotatable bonds is 6. The van der Waals surface area contributed by atoms with Gasteiger partial charge in [-0.15, -0.1) is 0 Å². The van der Waals surface area contributed by atoms with Crippen LogP contribution in [0.25, 0.3) is 0 Å². The summed E-state index contributed by atoms with van der Waals surface area (Å²) in [6.45, 7) is 5.19. The van der Waals surface area contributed by atoms with E-state index in [9.17, 15) is 8.78 Å². The Morgan fingerprint density at radius 2 is 1.81 bits per heavy atom. The second-order valence-electron chi connectivity index (χ2n) is 4.17. The van der Waals surface area contributed by atoms with Crippen LogP contribution >= 0.6 is 0 Å². The average molecular weight is 227 g/mol. The van der Waals surface area contributed by atoms with Crippen molar-refractivity contribution in [1.29, 1.82) is 0 Å². The van der Waals surface area contributed by atoms with Gasteiger partial charge in [0.1, 0.15) is 11.6 Å². The second kappa shape index (κ2) is 6.59. The molecular weight excluding hydrogens is 208 g/mol. The Morgan fingerprint density at radius 3 is 2.38 bits per heavy atom. The highest BCUT2D eigenvalue weighted by atomic mass is 19.1.